The topological polar surface area (TPSA) is 62.3 Å². The van der Waals surface area contributed by atoms with E-state index in [2.05, 4.69) is 17.2 Å². The lowest BCUT2D eigenvalue weighted by molar-refractivity contribution is -0.136. The van der Waals surface area contributed by atoms with Gasteiger partial charge in [0.1, 0.15) is 11.5 Å². The molecule has 0 spiro atoms. The molecule has 0 aliphatic heterocycles. The van der Waals surface area contributed by atoms with Crippen molar-refractivity contribution in [3.05, 3.63) is 58.2 Å². The lowest BCUT2D eigenvalue weighted by atomic mass is 9.97. The first-order valence-corrected chi connectivity index (χ1v) is 9.69. The summed E-state index contributed by atoms with van der Waals surface area (Å²) in [5.41, 5.74) is 3.97. The van der Waals surface area contributed by atoms with Crippen molar-refractivity contribution in [2.75, 3.05) is 0 Å². The lowest BCUT2D eigenvalue weighted by Crippen LogP contribution is -2.01. The third kappa shape index (κ3) is 3.67. The van der Waals surface area contributed by atoms with Crippen LogP contribution in [0.5, 0.6) is 11.5 Å². The third-order valence-corrected chi connectivity index (χ3v) is 5.63. The number of aromatic amines is 1. The van der Waals surface area contributed by atoms with Gasteiger partial charge < -0.3 is 14.8 Å². The monoisotopic (exact) mass is 383 g/mol. The van der Waals surface area contributed by atoms with Gasteiger partial charge in [-0.3, -0.25) is 4.79 Å². The zero-order valence-corrected chi connectivity index (χ0v) is 16.0. The number of benzene rings is 2. The van der Waals surface area contributed by atoms with Gasteiger partial charge in [-0.2, -0.15) is 0 Å². The largest absolute Gasteiger partial charge is 0.481 e. The van der Waals surface area contributed by atoms with Crippen molar-refractivity contribution in [3.63, 3.8) is 0 Å². The maximum absolute atomic E-state index is 10.9. The van der Waals surface area contributed by atoms with E-state index in [9.17, 15) is 4.79 Å². The van der Waals surface area contributed by atoms with Crippen LogP contribution in [-0.4, -0.2) is 16.1 Å². The molecule has 0 atom stereocenters. The van der Waals surface area contributed by atoms with E-state index in [1.54, 1.807) is 6.07 Å². The smallest absolute Gasteiger partial charge is 0.307 e. The quantitative estimate of drug-likeness (QED) is 0.550. The fraction of sp³-hybridized carbons (Fsp3) is 0.318. The molecule has 0 amide bonds. The van der Waals surface area contributed by atoms with E-state index in [0.717, 1.165) is 16.8 Å². The lowest BCUT2D eigenvalue weighted by Gasteiger charge is -2.13. The van der Waals surface area contributed by atoms with Gasteiger partial charge in [0.15, 0.2) is 0 Å². The van der Waals surface area contributed by atoms with Crippen LogP contribution in [0, 0.1) is 6.92 Å². The Balaban J connectivity index is 1.65. The predicted molar refractivity (Wildman–Crippen MR) is 107 cm³/mol. The molecule has 4 nitrogen and oxygen atoms in total. The molecular weight excluding hydrogens is 362 g/mol. The number of nitrogens with one attached hydrogen (secondary N) is 1. The summed E-state index contributed by atoms with van der Waals surface area (Å²) < 4.78 is 6.10. The number of aliphatic carboxylic acids is 1. The van der Waals surface area contributed by atoms with Gasteiger partial charge in [0.25, 0.3) is 0 Å². The molecule has 1 heterocycles. The van der Waals surface area contributed by atoms with Crippen LogP contribution in [-0.2, 0) is 11.2 Å². The SMILES string of the molecule is Cc1cc(CC(=O)O)cc(Cl)c1Oc1ccc2[nH]cc(C3CCCC3)c2c1. The minimum atomic E-state index is -0.878. The molecule has 1 fully saturated rings. The van der Waals surface area contributed by atoms with Crippen LogP contribution in [0.2, 0.25) is 5.02 Å². The number of hydrogen-bond donors (Lipinski definition) is 2. The Morgan fingerprint density at radius 1 is 1.26 bits per heavy atom. The third-order valence-electron chi connectivity index (χ3n) is 5.34. The molecule has 3 aromatic rings. The number of carboxylic acid groups (broad SMARTS) is 1. The summed E-state index contributed by atoms with van der Waals surface area (Å²) in [6.45, 7) is 1.88. The van der Waals surface area contributed by atoms with E-state index in [4.69, 9.17) is 21.4 Å². The average molecular weight is 384 g/mol. The molecule has 2 N–H and O–H groups in total. The molecule has 0 unspecified atom stereocenters. The summed E-state index contributed by atoms with van der Waals surface area (Å²) in [7, 11) is 0. The van der Waals surface area contributed by atoms with Crippen molar-refractivity contribution >= 4 is 28.5 Å². The van der Waals surface area contributed by atoms with Gasteiger partial charge in [-0.05, 0) is 66.6 Å². The zero-order valence-electron chi connectivity index (χ0n) is 15.2. The van der Waals surface area contributed by atoms with Crippen LogP contribution in [0.25, 0.3) is 10.9 Å². The first kappa shape index (κ1) is 17.9. The number of hydrogen-bond acceptors (Lipinski definition) is 2. The second kappa shape index (κ2) is 7.28. The van der Waals surface area contributed by atoms with Gasteiger partial charge in [0, 0.05) is 17.1 Å². The highest BCUT2D eigenvalue weighted by atomic mass is 35.5. The Morgan fingerprint density at radius 2 is 2.04 bits per heavy atom. The van der Waals surface area contributed by atoms with Gasteiger partial charge in [-0.25, -0.2) is 0 Å². The first-order chi connectivity index (χ1) is 13.0. The van der Waals surface area contributed by atoms with Crippen molar-refractivity contribution < 1.29 is 14.6 Å². The van der Waals surface area contributed by atoms with Crippen LogP contribution in [0.15, 0.2) is 36.5 Å². The highest BCUT2D eigenvalue weighted by Crippen LogP contribution is 2.40. The summed E-state index contributed by atoms with van der Waals surface area (Å²) in [6, 6.07) is 9.51. The predicted octanol–water partition coefficient (Wildman–Crippen LogP) is 6.21. The van der Waals surface area contributed by atoms with Crippen LogP contribution in [0.1, 0.15) is 48.3 Å². The Morgan fingerprint density at radius 3 is 2.74 bits per heavy atom. The van der Waals surface area contributed by atoms with Crippen molar-refractivity contribution in [3.8, 4) is 11.5 Å². The second-order valence-electron chi connectivity index (χ2n) is 7.33. The van der Waals surface area contributed by atoms with Crippen LogP contribution in [0.4, 0.5) is 0 Å². The average Bonchev–Trinajstić information content (AvgIpc) is 3.26. The number of fused-ring (bicyclic) bond motifs is 1. The Kier molecular flexibility index (Phi) is 4.83. The van der Waals surface area contributed by atoms with E-state index in [-0.39, 0.29) is 6.42 Å². The molecule has 1 aliphatic carbocycles. The Bertz CT molecular complexity index is 979. The number of aromatic nitrogens is 1. The van der Waals surface area contributed by atoms with Crippen molar-refractivity contribution in [1.29, 1.82) is 0 Å². The highest BCUT2D eigenvalue weighted by Gasteiger charge is 2.20. The molecule has 0 radical (unpaired) electrons. The molecule has 140 valence electrons. The Labute approximate surface area is 163 Å². The summed E-state index contributed by atoms with van der Waals surface area (Å²) >= 11 is 6.38. The number of H-pyrrole nitrogens is 1. The standard InChI is InChI=1S/C22H22ClNO3/c1-13-8-14(10-21(25)26)9-19(23)22(13)27-16-6-7-20-17(11-16)18(12-24-20)15-4-2-3-5-15/h6-9,11-12,15,24H,2-5,10H2,1H3,(H,25,26). The zero-order chi connectivity index (χ0) is 19.0. The highest BCUT2D eigenvalue weighted by molar-refractivity contribution is 6.32. The second-order valence-corrected chi connectivity index (χ2v) is 7.74. The maximum Gasteiger partial charge on any atom is 0.307 e. The summed E-state index contributed by atoms with van der Waals surface area (Å²) in [4.78, 5) is 14.3. The molecular formula is C22H22ClNO3. The normalized spacial score (nSPS) is 14.7. The number of carbonyl (C=O) groups is 1. The number of rotatable bonds is 5. The maximum atomic E-state index is 10.9. The van der Waals surface area contributed by atoms with Gasteiger partial charge in [0.05, 0.1) is 11.4 Å². The van der Waals surface area contributed by atoms with Crippen LogP contribution in [0.3, 0.4) is 0 Å². The van der Waals surface area contributed by atoms with Crippen molar-refractivity contribution in [2.24, 2.45) is 0 Å². The molecule has 5 heteroatoms. The minimum Gasteiger partial charge on any atom is -0.481 e. The van der Waals surface area contributed by atoms with E-state index < -0.39 is 5.97 Å². The number of halogens is 1. The van der Waals surface area contributed by atoms with E-state index in [1.165, 1.54) is 36.6 Å². The van der Waals surface area contributed by atoms with Gasteiger partial charge in [-0.15, -0.1) is 0 Å². The molecule has 1 aromatic heterocycles. The molecule has 4 rings (SSSR count). The fourth-order valence-corrected chi connectivity index (χ4v) is 4.41. The molecule has 1 saturated carbocycles. The van der Waals surface area contributed by atoms with Gasteiger partial charge in [0.2, 0.25) is 0 Å². The van der Waals surface area contributed by atoms with E-state index >= 15 is 0 Å². The van der Waals surface area contributed by atoms with E-state index in [0.29, 0.717) is 22.3 Å². The molecule has 0 saturated heterocycles. The molecule has 1 aliphatic rings. The van der Waals surface area contributed by atoms with E-state index in [1.807, 2.05) is 25.1 Å². The van der Waals surface area contributed by atoms with Gasteiger partial charge in [-0.1, -0.05) is 30.5 Å². The number of aryl methyl sites for hydroxylation is 1. The molecule has 2 aromatic carbocycles. The van der Waals surface area contributed by atoms with Crippen molar-refractivity contribution in [2.45, 2.75) is 44.9 Å². The minimum absolute atomic E-state index is 0.0547. The molecule has 0 bridgehead atoms. The molecule has 27 heavy (non-hydrogen) atoms. The number of carboxylic acids is 1. The Hall–Kier alpha value is -2.46. The first-order valence-electron chi connectivity index (χ1n) is 9.31. The van der Waals surface area contributed by atoms with Crippen LogP contribution < -0.4 is 4.74 Å². The summed E-state index contributed by atoms with van der Waals surface area (Å²) in [5.74, 6) is 1.05. The summed E-state index contributed by atoms with van der Waals surface area (Å²) in [5, 5.41) is 10.6. The number of ether oxygens (including phenoxy) is 1. The van der Waals surface area contributed by atoms with Crippen LogP contribution >= 0.6 is 11.6 Å². The van der Waals surface area contributed by atoms with Gasteiger partial charge >= 0.3 is 5.97 Å². The summed E-state index contributed by atoms with van der Waals surface area (Å²) in [6.07, 6.45) is 7.16. The fourth-order valence-electron chi connectivity index (χ4n) is 4.09. The van der Waals surface area contributed by atoms with Crippen molar-refractivity contribution in [1.82, 2.24) is 4.98 Å².